The Morgan fingerprint density at radius 3 is 2.68 bits per heavy atom. The molecular weight excluding hydrogens is 244 g/mol. The van der Waals surface area contributed by atoms with E-state index in [-0.39, 0.29) is 24.9 Å². The second-order valence-corrected chi connectivity index (χ2v) is 4.96. The lowest BCUT2D eigenvalue weighted by Gasteiger charge is -2.28. The molecule has 0 saturated carbocycles. The van der Waals surface area contributed by atoms with E-state index >= 15 is 0 Å². The van der Waals surface area contributed by atoms with E-state index in [2.05, 4.69) is 16.4 Å². The quantitative estimate of drug-likeness (QED) is 0.699. The largest absolute Gasteiger partial charge is 0.338 e. The summed E-state index contributed by atoms with van der Waals surface area (Å²) < 4.78 is 0. The van der Waals surface area contributed by atoms with Crippen molar-refractivity contribution in [2.75, 3.05) is 18.0 Å². The molecule has 1 saturated heterocycles. The molecule has 1 fully saturated rings. The van der Waals surface area contributed by atoms with Gasteiger partial charge in [-0.2, -0.15) is 0 Å². The highest BCUT2D eigenvalue weighted by Gasteiger charge is 2.26. The number of pyridine rings is 1. The van der Waals surface area contributed by atoms with Crippen LogP contribution in [0.3, 0.4) is 0 Å². The van der Waals surface area contributed by atoms with Crippen molar-refractivity contribution in [2.24, 2.45) is 5.73 Å². The minimum Gasteiger partial charge on any atom is -0.338 e. The molecule has 100 valence electrons. The van der Waals surface area contributed by atoms with Crippen molar-refractivity contribution in [1.29, 1.82) is 0 Å². The standard InChI is InChI=1S/C13H16N4O2/c14-5-9-4-8-2-1-3-10(8)15-13(9)17-6-11(18)16-12(19)7-17/h4H,1-3,5-7,14H2,(H,16,18,19). The summed E-state index contributed by atoms with van der Waals surface area (Å²) in [5, 5.41) is 2.29. The van der Waals surface area contributed by atoms with E-state index < -0.39 is 0 Å². The number of fused-ring (bicyclic) bond motifs is 1. The van der Waals surface area contributed by atoms with Crippen LogP contribution in [0.1, 0.15) is 23.2 Å². The lowest BCUT2D eigenvalue weighted by molar-refractivity contribution is -0.130. The number of aromatic nitrogens is 1. The zero-order valence-electron chi connectivity index (χ0n) is 10.6. The van der Waals surface area contributed by atoms with Crippen LogP contribution < -0.4 is 16.0 Å². The Morgan fingerprint density at radius 1 is 1.26 bits per heavy atom. The van der Waals surface area contributed by atoms with E-state index in [9.17, 15) is 9.59 Å². The maximum Gasteiger partial charge on any atom is 0.246 e. The second-order valence-electron chi connectivity index (χ2n) is 4.96. The number of piperazine rings is 1. The maximum atomic E-state index is 11.5. The van der Waals surface area contributed by atoms with Gasteiger partial charge < -0.3 is 10.6 Å². The Morgan fingerprint density at radius 2 is 2.00 bits per heavy atom. The van der Waals surface area contributed by atoms with Gasteiger partial charge in [0.1, 0.15) is 5.82 Å². The summed E-state index contributed by atoms with van der Waals surface area (Å²) in [6, 6.07) is 2.07. The Hall–Kier alpha value is -1.95. The van der Waals surface area contributed by atoms with Gasteiger partial charge in [-0.05, 0) is 30.9 Å². The van der Waals surface area contributed by atoms with Crippen LogP contribution >= 0.6 is 0 Å². The predicted molar refractivity (Wildman–Crippen MR) is 69.5 cm³/mol. The minimum absolute atomic E-state index is 0.157. The number of nitrogens with zero attached hydrogens (tertiary/aromatic N) is 2. The molecule has 3 N–H and O–H groups in total. The predicted octanol–water partition coefficient (Wildman–Crippen LogP) is -0.508. The lowest BCUT2D eigenvalue weighted by atomic mass is 10.1. The van der Waals surface area contributed by atoms with Crippen LogP contribution in [-0.2, 0) is 29.0 Å². The number of anilines is 1. The summed E-state index contributed by atoms with van der Waals surface area (Å²) in [5.74, 6) is 0.106. The van der Waals surface area contributed by atoms with Crippen molar-refractivity contribution < 1.29 is 9.59 Å². The van der Waals surface area contributed by atoms with Crippen LogP contribution in [0, 0.1) is 0 Å². The van der Waals surface area contributed by atoms with Gasteiger partial charge in [0, 0.05) is 17.8 Å². The molecule has 1 aromatic rings. The molecule has 2 heterocycles. The van der Waals surface area contributed by atoms with E-state index in [1.807, 2.05) is 0 Å². The maximum absolute atomic E-state index is 11.5. The first-order chi connectivity index (χ1) is 9.17. The molecule has 3 rings (SSSR count). The number of imide groups is 1. The second kappa shape index (κ2) is 4.62. The number of carbonyl (C=O) groups excluding carboxylic acids is 2. The van der Waals surface area contributed by atoms with E-state index in [4.69, 9.17) is 5.73 Å². The summed E-state index contributed by atoms with van der Waals surface area (Å²) in [4.78, 5) is 29.3. The first-order valence-electron chi connectivity index (χ1n) is 6.46. The summed E-state index contributed by atoms with van der Waals surface area (Å²) in [7, 11) is 0. The van der Waals surface area contributed by atoms with Crippen molar-refractivity contribution in [3.63, 3.8) is 0 Å². The van der Waals surface area contributed by atoms with E-state index in [0.717, 1.165) is 30.5 Å². The summed E-state index contributed by atoms with van der Waals surface area (Å²) >= 11 is 0. The molecule has 0 unspecified atom stereocenters. The molecule has 1 aliphatic heterocycles. The molecule has 6 heteroatoms. The van der Waals surface area contributed by atoms with E-state index in [0.29, 0.717) is 12.4 Å². The Bertz CT molecular complexity index is 540. The summed E-state index contributed by atoms with van der Waals surface area (Å²) in [6.45, 7) is 0.678. The Balaban J connectivity index is 1.99. The molecule has 2 amide bonds. The molecule has 0 atom stereocenters. The van der Waals surface area contributed by atoms with Gasteiger partial charge in [-0.3, -0.25) is 14.9 Å². The molecule has 2 aliphatic rings. The Labute approximate surface area is 111 Å². The minimum atomic E-state index is -0.290. The average Bonchev–Trinajstić information content (AvgIpc) is 2.83. The van der Waals surface area contributed by atoms with Crippen LogP contribution in [0.5, 0.6) is 0 Å². The van der Waals surface area contributed by atoms with Crippen LogP contribution in [0.15, 0.2) is 6.07 Å². The number of hydrogen-bond acceptors (Lipinski definition) is 5. The highest BCUT2D eigenvalue weighted by Crippen LogP contribution is 2.27. The number of amides is 2. The zero-order valence-corrected chi connectivity index (χ0v) is 10.6. The van der Waals surface area contributed by atoms with Crippen molar-refractivity contribution >= 4 is 17.6 Å². The molecule has 1 aromatic heterocycles. The van der Waals surface area contributed by atoms with Gasteiger partial charge >= 0.3 is 0 Å². The number of aryl methyl sites for hydroxylation is 2. The van der Waals surface area contributed by atoms with Crippen LogP contribution in [0.4, 0.5) is 5.82 Å². The topological polar surface area (TPSA) is 88.3 Å². The molecule has 19 heavy (non-hydrogen) atoms. The van der Waals surface area contributed by atoms with Gasteiger partial charge in [0.25, 0.3) is 0 Å². The van der Waals surface area contributed by atoms with E-state index in [1.165, 1.54) is 5.56 Å². The third-order valence-electron chi connectivity index (χ3n) is 3.57. The monoisotopic (exact) mass is 260 g/mol. The van der Waals surface area contributed by atoms with Gasteiger partial charge in [-0.15, -0.1) is 0 Å². The van der Waals surface area contributed by atoms with Gasteiger partial charge in [0.15, 0.2) is 0 Å². The molecular formula is C13H16N4O2. The highest BCUT2D eigenvalue weighted by molar-refractivity contribution is 6.02. The summed E-state index contributed by atoms with van der Waals surface area (Å²) in [5.41, 5.74) is 9.00. The molecule has 1 aliphatic carbocycles. The fourth-order valence-electron chi connectivity index (χ4n) is 2.72. The van der Waals surface area contributed by atoms with Gasteiger partial charge in [0.2, 0.25) is 11.8 Å². The molecule has 0 radical (unpaired) electrons. The van der Waals surface area contributed by atoms with Crippen molar-refractivity contribution in [3.05, 3.63) is 22.9 Å². The number of rotatable bonds is 2. The molecule has 0 bridgehead atoms. The fraction of sp³-hybridized carbons (Fsp3) is 0.462. The van der Waals surface area contributed by atoms with Crippen molar-refractivity contribution in [3.8, 4) is 0 Å². The fourth-order valence-corrected chi connectivity index (χ4v) is 2.72. The number of nitrogens with one attached hydrogen (secondary N) is 1. The third-order valence-corrected chi connectivity index (χ3v) is 3.57. The first-order valence-corrected chi connectivity index (χ1v) is 6.46. The first kappa shape index (κ1) is 12.1. The van der Waals surface area contributed by atoms with E-state index in [1.54, 1.807) is 4.90 Å². The van der Waals surface area contributed by atoms with Crippen molar-refractivity contribution in [1.82, 2.24) is 10.3 Å². The normalized spacial score (nSPS) is 18.5. The number of hydrogen-bond donors (Lipinski definition) is 2. The Kier molecular flexibility index (Phi) is 2.94. The van der Waals surface area contributed by atoms with Gasteiger partial charge in [-0.25, -0.2) is 4.98 Å². The van der Waals surface area contributed by atoms with Crippen LogP contribution in [0.2, 0.25) is 0 Å². The zero-order chi connectivity index (χ0) is 13.4. The summed E-state index contributed by atoms with van der Waals surface area (Å²) in [6.07, 6.45) is 3.10. The van der Waals surface area contributed by atoms with Crippen LogP contribution in [-0.4, -0.2) is 29.9 Å². The molecule has 0 spiro atoms. The van der Waals surface area contributed by atoms with Gasteiger partial charge in [-0.1, -0.05) is 0 Å². The molecule has 6 nitrogen and oxygen atoms in total. The molecule has 0 aromatic carbocycles. The highest BCUT2D eigenvalue weighted by atomic mass is 16.2. The lowest BCUT2D eigenvalue weighted by Crippen LogP contribution is -2.52. The number of carbonyl (C=O) groups is 2. The van der Waals surface area contributed by atoms with Gasteiger partial charge in [0.05, 0.1) is 13.1 Å². The van der Waals surface area contributed by atoms with Crippen molar-refractivity contribution in [2.45, 2.75) is 25.8 Å². The SMILES string of the molecule is NCc1cc2c(nc1N1CC(=O)NC(=O)C1)CCC2. The van der Waals surface area contributed by atoms with Crippen LogP contribution in [0.25, 0.3) is 0 Å². The third kappa shape index (κ3) is 2.19. The average molecular weight is 260 g/mol. The number of nitrogens with two attached hydrogens (primary N) is 1. The smallest absolute Gasteiger partial charge is 0.246 e.